The van der Waals surface area contributed by atoms with Gasteiger partial charge in [-0.25, -0.2) is 9.97 Å². The molecule has 0 aliphatic heterocycles. The second-order valence-corrected chi connectivity index (χ2v) is 5.59. The summed E-state index contributed by atoms with van der Waals surface area (Å²) in [6.45, 7) is 4.12. The molecule has 0 aliphatic rings. The topological polar surface area (TPSA) is 30.7 Å². The van der Waals surface area contributed by atoms with Crippen molar-refractivity contribution in [2.45, 2.75) is 0 Å². The van der Waals surface area contributed by atoms with Crippen molar-refractivity contribution in [3.8, 4) is 5.69 Å². The first-order chi connectivity index (χ1) is 9.24. The van der Waals surface area contributed by atoms with Gasteiger partial charge in [-0.2, -0.15) is 0 Å². The maximum atomic E-state index is 5.86. The molecule has 3 nitrogen and oxygen atoms in total. The minimum atomic E-state index is 0.530. The van der Waals surface area contributed by atoms with Crippen molar-refractivity contribution in [3.05, 3.63) is 70.7 Å². The minimum absolute atomic E-state index is 0.530. The van der Waals surface area contributed by atoms with Crippen LogP contribution in [0.25, 0.3) is 11.3 Å². The summed E-state index contributed by atoms with van der Waals surface area (Å²) in [5, 5.41) is 0. The molecular formula is C14H10ClN3S. The predicted molar refractivity (Wildman–Crippen MR) is 78.8 cm³/mol. The molecule has 0 unspecified atom stereocenters. The Kier molecular flexibility index (Phi) is 3.19. The molecule has 1 aromatic carbocycles. The lowest BCUT2D eigenvalue weighted by Crippen LogP contribution is -1.91. The molecule has 19 heavy (non-hydrogen) atoms. The molecule has 3 rings (SSSR count). The molecule has 0 fully saturated rings. The van der Waals surface area contributed by atoms with Crippen molar-refractivity contribution in [1.29, 1.82) is 0 Å². The first kappa shape index (κ1) is 12.1. The zero-order chi connectivity index (χ0) is 13.2. The van der Waals surface area contributed by atoms with Crippen LogP contribution in [0, 0.1) is 0 Å². The van der Waals surface area contributed by atoms with E-state index in [2.05, 4.69) is 22.6 Å². The average molecular weight is 288 g/mol. The Morgan fingerprint density at radius 2 is 2.26 bits per heavy atom. The number of thiazole rings is 1. The van der Waals surface area contributed by atoms with Crippen LogP contribution >= 0.6 is 22.9 Å². The quantitative estimate of drug-likeness (QED) is 0.728. The molecular weight excluding hydrogens is 278 g/mol. The molecule has 94 valence electrons. The van der Waals surface area contributed by atoms with Gasteiger partial charge in [0, 0.05) is 24.3 Å². The molecule has 0 bridgehead atoms. The van der Waals surface area contributed by atoms with Crippen LogP contribution in [0.4, 0.5) is 0 Å². The predicted octanol–water partition coefficient (Wildman–Crippen LogP) is 4.04. The van der Waals surface area contributed by atoms with E-state index in [9.17, 15) is 0 Å². The third-order valence-corrected chi connectivity index (χ3v) is 3.95. The molecule has 0 saturated carbocycles. The largest absolute Gasteiger partial charge is 0.306 e. The number of rotatable bonds is 3. The van der Waals surface area contributed by atoms with Gasteiger partial charge in [-0.3, -0.25) is 0 Å². The van der Waals surface area contributed by atoms with Crippen molar-refractivity contribution in [3.63, 3.8) is 0 Å². The van der Waals surface area contributed by atoms with Crippen molar-refractivity contribution < 1.29 is 0 Å². The number of hydrogen-bond donors (Lipinski definition) is 0. The number of halogens is 1. The standard InChI is InChI=1S/C14H10ClN3S/c1-10(13-8-17-14(15)19-13)11-3-2-4-12(7-11)18-6-5-16-9-18/h2-9H,1H2. The van der Waals surface area contributed by atoms with E-state index in [0.29, 0.717) is 4.47 Å². The van der Waals surface area contributed by atoms with Crippen molar-refractivity contribution in [2.24, 2.45) is 0 Å². The zero-order valence-corrected chi connectivity index (χ0v) is 11.5. The summed E-state index contributed by atoms with van der Waals surface area (Å²) in [4.78, 5) is 9.07. The summed E-state index contributed by atoms with van der Waals surface area (Å²) in [6, 6.07) is 8.12. The van der Waals surface area contributed by atoms with E-state index in [1.807, 2.05) is 29.0 Å². The Hall–Kier alpha value is -1.91. The Labute approximate surface area is 119 Å². The van der Waals surface area contributed by atoms with Gasteiger partial charge in [0.05, 0.1) is 11.2 Å². The maximum Gasteiger partial charge on any atom is 0.184 e. The summed E-state index contributed by atoms with van der Waals surface area (Å²) in [5.74, 6) is 0. The number of hydrogen-bond acceptors (Lipinski definition) is 3. The summed E-state index contributed by atoms with van der Waals surface area (Å²) in [5.41, 5.74) is 3.02. The van der Waals surface area contributed by atoms with E-state index in [1.165, 1.54) is 11.3 Å². The molecule has 0 radical (unpaired) electrons. The molecule has 3 aromatic rings. The first-order valence-corrected chi connectivity index (χ1v) is 6.83. The van der Waals surface area contributed by atoms with E-state index in [0.717, 1.165) is 21.7 Å². The fraction of sp³-hybridized carbons (Fsp3) is 0. The van der Waals surface area contributed by atoms with Gasteiger partial charge in [-0.15, -0.1) is 11.3 Å². The van der Waals surface area contributed by atoms with Gasteiger partial charge in [0.2, 0.25) is 0 Å². The highest BCUT2D eigenvalue weighted by molar-refractivity contribution is 7.16. The Bertz CT molecular complexity index is 716. The van der Waals surface area contributed by atoms with Gasteiger partial charge in [0.1, 0.15) is 0 Å². The van der Waals surface area contributed by atoms with Crippen LogP contribution in [0.2, 0.25) is 4.47 Å². The third-order valence-electron chi connectivity index (χ3n) is 2.77. The molecule has 5 heteroatoms. The third kappa shape index (κ3) is 2.45. The van der Waals surface area contributed by atoms with Gasteiger partial charge in [0.25, 0.3) is 0 Å². The highest BCUT2D eigenvalue weighted by Gasteiger charge is 2.07. The molecule has 0 spiro atoms. The summed E-state index contributed by atoms with van der Waals surface area (Å²) in [7, 11) is 0. The number of benzene rings is 1. The van der Waals surface area contributed by atoms with Crippen LogP contribution in [-0.2, 0) is 0 Å². The van der Waals surface area contributed by atoms with Crippen molar-refractivity contribution >= 4 is 28.5 Å². The lowest BCUT2D eigenvalue weighted by molar-refractivity contribution is 1.06. The summed E-state index contributed by atoms with van der Waals surface area (Å²) in [6.07, 6.45) is 7.18. The van der Waals surface area contributed by atoms with E-state index in [4.69, 9.17) is 11.6 Å². The monoisotopic (exact) mass is 287 g/mol. The molecule has 0 aliphatic carbocycles. The summed E-state index contributed by atoms with van der Waals surface area (Å²) >= 11 is 7.29. The van der Waals surface area contributed by atoms with E-state index >= 15 is 0 Å². The normalized spacial score (nSPS) is 10.6. The van der Waals surface area contributed by atoms with E-state index in [-0.39, 0.29) is 0 Å². The SMILES string of the molecule is C=C(c1cccc(-n2ccnc2)c1)c1cnc(Cl)s1. The van der Waals surface area contributed by atoms with Crippen LogP contribution in [0.3, 0.4) is 0 Å². The van der Waals surface area contributed by atoms with Gasteiger partial charge in [-0.05, 0) is 23.3 Å². The number of aromatic nitrogens is 3. The van der Waals surface area contributed by atoms with Crippen LogP contribution in [-0.4, -0.2) is 14.5 Å². The Morgan fingerprint density at radius 1 is 1.37 bits per heavy atom. The van der Waals surface area contributed by atoms with Crippen molar-refractivity contribution in [2.75, 3.05) is 0 Å². The lowest BCUT2D eigenvalue weighted by Gasteiger charge is -2.07. The molecule has 0 atom stereocenters. The highest BCUT2D eigenvalue weighted by atomic mass is 35.5. The van der Waals surface area contributed by atoms with Gasteiger partial charge < -0.3 is 4.57 Å². The van der Waals surface area contributed by atoms with Gasteiger partial charge in [0.15, 0.2) is 4.47 Å². The van der Waals surface area contributed by atoms with Gasteiger partial charge >= 0.3 is 0 Å². The maximum absolute atomic E-state index is 5.86. The van der Waals surface area contributed by atoms with E-state index < -0.39 is 0 Å². The first-order valence-electron chi connectivity index (χ1n) is 5.63. The number of imidazole rings is 1. The smallest absolute Gasteiger partial charge is 0.184 e. The second-order valence-electron chi connectivity index (χ2n) is 3.98. The Morgan fingerprint density at radius 3 is 2.95 bits per heavy atom. The molecule has 0 amide bonds. The molecule has 0 saturated heterocycles. The average Bonchev–Trinajstić information content (AvgIpc) is 3.09. The second kappa shape index (κ2) is 4.99. The minimum Gasteiger partial charge on any atom is -0.306 e. The highest BCUT2D eigenvalue weighted by Crippen LogP contribution is 2.29. The fourth-order valence-electron chi connectivity index (χ4n) is 1.80. The molecule has 2 heterocycles. The molecule has 0 N–H and O–H groups in total. The Balaban J connectivity index is 1.98. The van der Waals surface area contributed by atoms with Crippen LogP contribution in [0.15, 0.2) is 55.8 Å². The number of nitrogens with zero attached hydrogens (tertiary/aromatic N) is 3. The zero-order valence-electron chi connectivity index (χ0n) is 9.95. The van der Waals surface area contributed by atoms with Crippen LogP contribution in [0.1, 0.15) is 10.4 Å². The van der Waals surface area contributed by atoms with Crippen LogP contribution < -0.4 is 0 Å². The lowest BCUT2D eigenvalue weighted by atomic mass is 10.1. The van der Waals surface area contributed by atoms with E-state index in [1.54, 1.807) is 18.7 Å². The fourth-order valence-corrected chi connectivity index (χ4v) is 2.73. The van der Waals surface area contributed by atoms with Crippen LogP contribution in [0.5, 0.6) is 0 Å². The van der Waals surface area contributed by atoms with Crippen molar-refractivity contribution in [1.82, 2.24) is 14.5 Å². The molecule has 2 aromatic heterocycles. The summed E-state index contributed by atoms with van der Waals surface area (Å²) < 4.78 is 2.48. The van der Waals surface area contributed by atoms with Gasteiger partial charge in [-0.1, -0.05) is 30.3 Å².